The highest BCUT2D eigenvalue weighted by Crippen LogP contribution is 2.17. The van der Waals surface area contributed by atoms with E-state index in [4.69, 9.17) is 20.8 Å². The SMILES string of the molecule is O=C(CSc1n[nH]c(COc2ccc(Cl)cc2)n1)NCc1ccco1. The Labute approximate surface area is 153 Å². The second-order valence-electron chi connectivity index (χ2n) is 4.95. The number of hydrogen-bond acceptors (Lipinski definition) is 6. The predicted molar refractivity (Wildman–Crippen MR) is 93.4 cm³/mol. The van der Waals surface area contributed by atoms with Gasteiger partial charge in [-0.1, -0.05) is 23.4 Å². The summed E-state index contributed by atoms with van der Waals surface area (Å²) < 4.78 is 10.7. The van der Waals surface area contributed by atoms with Crippen molar-refractivity contribution in [2.75, 3.05) is 5.75 Å². The molecule has 0 aliphatic carbocycles. The van der Waals surface area contributed by atoms with Crippen LogP contribution < -0.4 is 10.1 Å². The summed E-state index contributed by atoms with van der Waals surface area (Å²) in [5, 5.41) is 10.7. The van der Waals surface area contributed by atoms with E-state index in [9.17, 15) is 4.79 Å². The number of nitrogens with zero attached hydrogens (tertiary/aromatic N) is 2. The van der Waals surface area contributed by atoms with Crippen molar-refractivity contribution in [2.24, 2.45) is 0 Å². The van der Waals surface area contributed by atoms with E-state index in [0.717, 1.165) is 0 Å². The molecule has 0 aliphatic rings. The second kappa shape index (κ2) is 8.59. The Bertz CT molecular complexity index is 805. The molecule has 2 N–H and O–H groups in total. The zero-order valence-electron chi connectivity index (χ0n) is 13.1. The van der Waals surface area contributed by atoms with E-state index in [1.165, 1.54) is 11.8 Å². The third-order valence-electron chi connectivity index (χ3n) is 3.07. The van der Waals surface area contributed by atoms with Crippen molar-refractivity contribution in [3.8, 4) is 5.75 Å². The van der Waals surface area contributed by atoms with Gasteiger partial charge in [-0.3, -0.25) is 9.89 Å². The molecule has 9 heteroatoms. The molecular weight excluding hydrogens is 364 g/mol. The van der Waals surface area contributed by atoms with Gasteiger partial charge >= 0.3 is 0 Å². The molecule has 130 valence electrons. The van der Waals surface area contributed by atoms with E-state index in [0.29, 0.717) is 34.1 Å². The number of aromatic nitrogens is 3. The van der Waals surface area contributed by atoms with Crippen LogP contribution in [0.5, 0.6) is 5.75 Å². The van der Waals surface area contributed by atoms with Crippen molar-refractivity contribution in [3.05, 3.63) is 59.3 Å². The zero-order chi connectivity index (χ0) is 17.5. The first kappa shape index (κ1) is 17.4. The molecule has 0 aliphatic heterocycles. The van der Waals surface area contributed by atoms with Gasteiger partial charge in [0, 0.05) is 5.02 Å². The Balaban J connectivity index is 1.40. The van der Waals surface area contributed by atoms with Gasteiger partial charge in [0.25, 0.3) is 0 Å². The van der Waals surface area contributed by atoms with Gasteiger partial charge in [-0.25, -0.2) is 4.98 Å². The first-order valence-electron chi connectivity index (χ1n) is 7.40. The molecule has 0 spiro atoms. The fourth-order valence-corrected chi connectivity index (χ4v) is 2.64. The van der Waals surface area contributed by atoms with E-state index < -0.39 is 0 Å². The van der Waals surface area contributed by atoms with Crippen LogP contribution >= 0.6 is 23.4 Å². The quantitative estimate of drug-likeness (QED) is 0.585. The van der Waals surface area contributed by atoms with Gasteiger partial charge in [0.05, 0.1) is 18.6 Å². The van der Waals surface area contributed by atoms with Crippen LogP contribution in [-0.2, 0) is 17.9 Å². The Kier molecular flexibility index (Phi) is 5.97. The normalized spacial score (nSPS) is 10.6. The smallest absolute Gasteiger partial charge is 0.230 e. The highest BCUT2D eigenvalue weighted by atomic mass is 35.5. The number of hydrogen-bond donors (Lipinski definition) is 2. The average molecular weight is 379 g/mol. The van der Waals surface area contributed by atoms with Crippen LogP contribution in [0.15, 0.2) is 52.2 Å². The number of carbonyl (C=O) groups excluding carboxylic acids is 1. The number of furan rings is 1. The molecule has 0 unspecified atom stereocenters. The monoisotopic (exact) mass is 378 g/mol. The number of H-pyrrole nitrogens is 1. The minimum atomic E-state index is -0.120. The summed E-state index contributed by atoms with van der Waals surface area (Å²) in [5.74, 6) is 2.07. The van der Waals surface area contributed by atoms with E-state index in [-0.39, 0.29) is 18.3 Å². The van der Waals surface area contributed by atoms with Crippen molar-refractivity contribution in [3.63, 3.8) is 0 Å². The number of aromatic amines is 1. The fraction of sp³-hybridized carbons (Fsp3) is 0.188. The maximum atomic E-state index is 11.8. The molecule has 7 nitrogen and oxygen atoms in total. The van der Waals surface area contributed by atoms with Crippen LogP contribution in [0.4, 0.5) is 0 Å². The lowest BCUT2D eigenvalue weighted by Gasteiger charge is -2.03. The van der Waals surface area contributed by atoms with Gasteiger partial charge in [-0.05, 0) is 36.4 Å². The maximum Gasteiger partial charge on any atom is 0.230 e. The van der Waals surface area contributed by atoms with Gasteiger partial charge in [0.2, 0.25) is 11.1 Å². The second-order valence-corrected chi connectivity index (χ2v) is 6.33. The first-order valence-corrected chi connectivity index (χ1v) is 8.77. The molecule has 0 bridgehead atoms. The van der Waals surface area contributed by atoms with E-state index in [1.54, 1.807) is 42.7 Å². The average Bonchev–Trinajstić information content (AvgIpc) is 3.29. The molecule has 0 fully saturated rings. The van der Waals surface area contributed by atoms with Gasteiger partial charge in [-0.15, -0.1) is 5.10 Å². The number of rotatable bonds is 8. The summed E-state index contributed by atoms with van der Waals surface area (Å²) in [6, 6.07) is 10.6. The fourth-order valence-electron chi connectivity index (χ4n) is 1.87. The standard InChI is InChI=1S/C16H15ClN4O3S/c17-11-3-5-12(6-4-11)24-9-14-19-16(21-20-14)25-10-15(22)18-8-13-2-1-7-23-13/h1-7H,8-10H2,(H,18,22)(H,19,20,21). The number of halogens is 1. The molecule has 0 atom stereocenters. The summed E-state index contributed by atoms with van der Waals surface area (Å²) in [5.41, 5.74) is 0. The van der Waals surface area contributed by atoms with Crippen LogP contribution in [0.2, 0.25) is 5.02 Å². The first-order chi connectivity index (χ1) is 12.2. The topological polar surface area (TPSA) is 93.0 Å². The number of benzene rings is 1. The van der Waals surface area contributed by atoms with Crippen LogP contribution in [-0.4, -0.2) is 26.8 Å². The van der Waals surface area contributed by atoms with Gasteiger partial charge in [0.15, 0.2) is 5.82 Å². The van der Waals surface area contributed by atoms with Crippen molar-refractivity contribution < 1.29 is 13.9 Å². The molecule has 0 radical (unpaired) electrons. The lowest BCUT2D eigenvalue weighted by Crippen LogP contribution is -2.24. The largest absolute Gasteiger partial charge is 0.486 e. The van der Waals surface area contributed by atoms with Gasteiger partial charge < -0.3 is 14.5 Å². The lowest BCUT2D eigenvalue weighted by molar-refractivity contribution is -0.118. The number of nitrogens with one attached hydrogen (secondary N) is 2. The van der Waals surface area contributed by atoms with E-state index in [2.05, 4.69) is 20.5 Å². The minimum absolute atomic E-state index is 0.120. The maximum absolute atomic E-state index is 11.8. The molecule has 1 amide bonds. The molecule has 0 saturated carbocycles. The zero-order valence-corrected chi connectivity index (χ0v) is 14.6. The van der Waals surface area contributed by atoms with E-state index in [1.807, 2.05) is 0 Å². The van der Waals surface area contributed by atoms with Crippen LogP contribution in [0.1, 0.15) is 11.6 Å². The lowest BCUT2D eigenvalue weighted by atomic mass is 10.3. The molecule has 2 heterocycles. The van der Waals surface area contributed by atoms with Crippen LogP contribution in [0, 0.1) is 0 Å². The van der Waals surface area contributed by atoms with Gasteiger partial charge in [-0.2, -0.15) is 0 Å². The number of ether oxygens (including phenoxy) is 1. The van der Waals surface area contributed by atoms with Crippen LogP contribution in [0.25, 0.3) is 0 Å². The molecule has 2 aromatic heterocycles. The Morgan fingerprint density at radius 3 is 2.92 bits per heavy atom. The summed E-state index contributed by atoms with van der Waals surface area (Å²) in [6.45, 7) is 0.612. The van der Waals surface area contributed by atoms with Crippen molar-refractivity contribution in [1.82, 2.24) is 20.5 Å². The summed E-state index contributed by atoms with van der Waals surface area (Å²) >= 11 is 7.06. The minimum Gasteiger partial charge on any atom is -0.486 e. The third-order valence-corrected chi connectivity index (χ3v) is 4.17. The highest BCUT2D eigenvalue weighted by Gasteiger charge is 2.08. The molecule has 0 saturated heterocycles. The number of carbonyl (C=O) groups is 1. The molecule has 3 rings (SSSR count). The summed E-state index contributed by atoms with van der Waals surface area (Å²) in [4.78, 5) is 16.1. The summed E-state index contributed by atoms with van der Waals surface area (Å²) in [7, 11) is 0. The predicted octanol–water partition coefficient (Wildman–Crippen LogP) is 3.04. The highest BCUT2D eigenvalue weighted by molar-refractivity contribution is 7.99. The van der Waals surface area contributed by atoms with Crippen molar-refractivity contribution >= 4 is 29.3 Å². The Morgan fingerprint density at radius 1 is 1.32 bits per heavy atom. The van der Waals surface area contributed by atoms with E-state index >= 15 is 0 Å². The number of amides is 1. The molecule has 25 heavy (non-hydrogen) atoms. The molecular formula is C16H15ClN4O3S. The van der Waals surface area contributed by atoms with Crippen molar-refractivity contribution in [2.45, 2.75) is 18.3 Å². The van der Waals surface area contributed by atoms with Crippen LogP contribution in [0.3, 0.4) is 0 Å². The molecule has 3 aromatic rings. The number of thioether (sulfide) groups is 1. The molecule has 1 aromatic carbocycles. The Morgan fingerprint density at radius 2 is 2.16 bits per heavy atom. The third kappa shape index (κ3) is 5.54. The Hall–Kier alpha value is -2.45. The summed E-state index contributed by atoms with van der Waals surface area (Å²) in [6.07, 6.45) is 1.57. The van der Waals surface area contributed by atoms with Gasteiger partial charge in [0.1, 0.15) is 18.1 Å². The van der Waals surface area contributed by atoms with Crippen molar-refractivity contribution in [1.29, 1.82) is 0 Å².